The summed E-state index contributed by atoms with van der Waals surface area (Å²) in [5.41, 5.74) is 2.50. The third-order valence-corrected chi connectivity index (χ3v) is 4.74. The van der Waals surface area contributed by atoms with Gasteiger partial charge in [0.15, 0.2) is 0 Å². The number of nitrogens with one attached hydrogen (secondary N) is 1. The van der Waals surface area contributed by atoms with E-state index in [9.17, 15) is 4.79 Å². The van der Waals surface area contributed by atoms with Crippen LogP contribution in [0.3, 0.4) is 0 Å². The molecule has 0 radical (unpaired) electrons. The molecule has 1 aromatic carbocycles. The minimum absolute atomic E-state index is 0.134. The van der Waals surface area contributed by atoms with Crippen LogP contribution in [0.25, 0.3) is 11.5 Å². The predicted octanol–water partition coefficient (Wildman–Crippen LogP) is 4.12. The zero-order valence-electron chi connectivity index (χ0n) is 11.0. The van der Waals surface area contributed by atoms with Gasteiger partial charge in [0, 0.05) is 15.7 Å². The first-order valence-corrected chi connectivity index (χ1v) is 7.74. The topological polar surface area (TPSA) is 68.0 Å². The van der Waals surface area contributed by atoms with E-state index in [1.165, 1.54) is 17.7 Å². The summed E-state index contributed by atoms with van der Waals surface area (Å²) in [6, 6.07) is 7.41. The van der Waals surface area contributed by atoms with Crippen LogP contribution in [0.4, 0.5) is 5.69 Å². The molecule has 0 aliphatic carbocycles. The molecule has 0 spiro atoms. The van der Waals surface area contributed by atoms with Crippen LogP contribution in [-0.2, 0) is 0 Å². The third-order valence-electron chi connectivity index (χ3n) is 2.90. The Hall–Kier alpha value is -1.99. The maximum Gasteiger partial charge on any atom is 0.266 e. The number of anilines is 1. The van der Waals surface area contributed by atoms with Gasteiger partial charge in [-0.2, -0.15) is 0 Å². The van der Waals surface area contributed by atoms with Gasteiger partial charge in [0.25, 0.3) is 5.91 Å². The Morgan fingerprint density at radius 1 is 1.38 bits per heavy atom. The quantitative estimate of drug-likeness (QED) is 0.759. The molecule has 0 saturated heterocycles. The summed E-state index contributed by atoms with van der Waals surface area (Å²) in [6.07, 6.45) is 1.29. The van der Waals surface area contributed by atoms with Crippen LogP contribution in [0.1, 0.15) is 15.2 Å². The highest BCUT2D eigenvalue weighted by molar-refractivity contribution is 9.10. The number of amides is 1. The van der Waals surface area contributed by atoms with Crippen LogP contribution in [0.2, 0.25) is 0 Å². The zero-order valence-corrected chi connectivity index (χ0v) is 13.4. The van der Waals surface area contributed by atoms with Crippen LogP contribution >= 0.6 is 27.3 Å². The van der Waals surface area contributed by atoms with E-state index in [0.717, 1.165) is 21.3 Å². The number of nitrogens with zero attached hydrogens (tertiary/aromatic N) is 2. The van der Waals surface area contributed by atoms with Gasteiger partial charge < -0.3 is 9.73 Å². The van der Waals surface area contributed by atoms with Crippen molar-refractivity contribution in [3.8, 4) is 11.5 Å². The fourth-order valence-electron chi connectivity index (χ4n) is 1.87. The van der Waals surface area contributed by atoms with Crippen molar-refractivity contribution in [3.05, 3.63) is 51.0 Å². The van der Waals surface area contributed by atoms with E-state index in [1.54, 1.807) is 0 Å². The first-order valence-electron chi connectivity index (χ1n) is 6.06. The van der Waals surface area contributed by atoms with E-state index in [1.807, 2.05) is 36.6 Å². The lowest BCUT2D eigenvalue weighted by atomic mass is 10.1. The van der Waals surface area contributed by atoms with Crippen LogP contribution in [0.15, 0.2) is 44.9 Å². The van der Waals surface area contributed by atoms with E-state index in [0.29, 0.717) is 10.8 Å². The molecule has 0 unspecified atom stereocenters. The third kappa shape index (κ3) is 2.88. The number of rotatable bonds is 3. The van der Waals surface area contributed by atoms with Crippen molar-refractivity contribution in [1.29, 1.82) is 0 Å². The standard InChI is InChI=1S/C14H10BrN3O2S/c1-8-6-9(14-18-16-7-20-14)2-3-11(8)17-13(19)12-10(15)4-5-21-12/h2-7H,1H3,(H,17,19). The summed E-state index contributed by atoms with van der Waals surface area (Å²) in [4.78, 5) is 12.8. The lowest BCUT2D eigenvalue weighted by Crippen LogP contribution is -2.11. The number of carbonyl (C=O) groups excluding carboxylic acids is 1. The van der Waals surface area contributed by atoms with E-state index >= 15 is 0 Å². The highest BCUT2D eigenvalue weighted by atomic mass is 79.9. The molecule has 3 aromatic rings. The van der Waals surface area contributed by atoms with Crippen molar-refractivity contribution in [2.45, 2.75) is 6.92 Å². The Balaban J connectivity index is 1.84. The number of hydrogen-bond acceptors (Lipinski definition) is 5. The molecule has 7 heteroatoms. The largest absolute Gasteiger partial charge is 0.423 e. The Bertz CT molecular complexity index is 783. The monoisotopic (exact) mass is 363 g/mol. The van der Waals surface area contributed by atoms with Gasteiger partial charge >= 0.3 is 0 Å². The number of carbonyl (C=O) groups is 1. The fourth-order valence-corrected chi connectivity index (χ4v) is 3.32. The van der Waals surface area contributed by atoms with Crippen molar-refractivity contribution in [1.82, 2.24) is 10.2 Å². The number of halogens is 1. The van der Waals surface area contributed by atoms with Gasteiger partial charge in [-0.25, -0.2) is 0 Å². The second-order valence-corrected chi connectivity index (χ2v) is 6.10. The van der Waals surface area contributed by atoms with Crippen molar-refractivity contribution in [2.75, 3.05) is 5.32 Å². The van der Waals surface area contributed by atoms with Crippen molar-refractivity contribution in [3.63, 3.8) is 0 Å². The molecule has 1 amide bonds. The molecule has 0 aliphatic rings. The van der Waals surface area contributed by atoms with Gasteiger partial charge in [-0.1, -0.05) is 0 Å². The number of aromatic nitrogens is 2. The first-order chi connectivity index (χ1) is 10.1. The van der Waals surface area contributed by atoms with Crippen LogP contribution in [-0.4, -0.2) is 16.1 Å². The lowest BCUT2D eigenvalue weighted by molar-refractivity contribution is 0.103. The molecular formula is C14H10BrN3O2S. The molecule has 2 aromatic heterocycles. The lowest BCUT2D eigenvalue weighted by Gasteiger charge is -2.08. The summed E-state index contributed by atoms with van der Waals surface area (Å²) in [5, 5.41) is 12.3. The van der Waals surface area contributed by atoms with Gasteiger partial charge in [-0.3, -0.25) is 4.79 Å². The van der Waals surface area contributed by atoms with E-state index in [-0.39, 0.29) is 5.91 Å². The van der Waals surface area contributed by atoms with Gasteiger partial charge in [-0.15, -0.1) is 21.5 Å². The molecule has 0 bridgehead atoms. The minimum atomic E-state index is -0.134. The molecule has 21 heavy (non-hydrogen) atoms. The Kier molecular flexibility index (Phi) is 3.85. The second kappa shape index (κ2) is 5.79. The van der Waals surface area contributed by atoms with Gasteiger partial charge in [0.05, 0.1) is 0 Å². The van der Waals surface area contributed by atoms with Crippen LogP contribution in [0.5, 0.6) is 0 Å². The summed E-state index contributed by atoms with van der Waals surface area (Å²) < 4.78 is 5.95. The molecular weight excluding hydrogens is 354 g/mol. The molecule has 0 aliphatic heterocycles. The molecule has 1 N–H and O–H groups in total. The highest BCUT2D eigenvalue weighted by Gasteiger charge is 2.13. The van der Waals surface area contributed by atoms with E-state index in [2.05, 4.69) is 31.4 Å². The average Bonchev–Trinajstić information content (AvgIpc) is 3.12. The average molecular weight is 364 g/mol. The molecule has 0 atom stereocenters. The van der Waals surface area contributed by atoms with Gasteiger partial charge in [0.2, 0.25) is 12.3 Å². The predicted molar refractivity (Wildman–Crippen MR) is 84.4 cm³/mol. The van der Waals surface area contributed by atoms with Crippen LogP contribution in [0, 0.1) is 6.92 Å². The maximum atomic E-state index is 12.2. The smallest absolute Gasteiger partial charge is 0.266 e. The number of benzene rings is 1. The molecule has 0 saturated carbocycles. The summed E-state index contributed by atoms with van der Waals surface area (Å²) in [7, 11) is 0. The highest BCUT2D eigenvalue weighted by Crippen LogP contribution is 2.26. The van der Waals surface area contributed by atoms with Gasteiger partial charge in [0.1, 0.15) is 4.88 Å². The minimum Gasteiger partial charge on any atom is -0.423 e. The van der Waals surface area contributed by atoms with Crippen molar-refractivity contribution in [2.24, 2.45) is 0 Å². The summed E-state index contributed by atoms with van der Waals surface area (Å²) in [6.45, 7) is 1.92. The summed E-state index contributed by atoms with van der Waals surface area (Å²) in [5.74, 6) is 0.322. The SMILES string of the molecule is Cc1cc(-c2nnco2)ccc1NC(=O)c1sccc1Br. The number of hydrogen-bond donors (Lipinski definition) is 1. The Labute approximate surface area is 133 Å². The number of aryl methyl sites for hydroxylation is 1. The summed E-state index contributed by atoms with van der Waals surface area (Å²) >= 11 is 4.75. The normalized spacial score (nSPS) is 10.6. The van der Waals surface area contributed by atoms with Crippen molar-refractivity contribution < 1.29 is 9.21 Å². The second-order valence-electron chi connectivity index (χ2n) is 4.33. The van der Waals surface area contributed by atoms with Crippen LogP contribution < -0.4 is 5.32 Å². The van der Waals surface area contributed by atoms with E-state index < -0.39 is 0 Å². The first kappa shape index (κ1) is 14.0. The van der Waals surface area contributed by atoms with E-state index in [4.69, 9.17) is 4.42 Å². The number of thiophene rings is 1. The molecule has 0 fully saturated rings. The molecule has 5 nitrogen and oxygen atoms in total. The molecule has 3 rings (SSSR count). The Morgan fingerprint density at radius 2 is 2.24 bits per heavy atom. The van der Waals surface area contributed by atoms with Gasteiger partial charge in [-0.05, 0) is 58.1 Å². The zero-order chi connectivity index (χ0) is 14.8. The molecule has 2 heterocycles. The fraction of sp³-hybridized carbons (Fsp3) is 0.0714. The maximum absolute atomic E-state index is 12.2. The van der Waals surface area contributed by atoms with Crippen molar-refractivity contribution >= 4 is 38.9 Å². The molecule has 106 valence electrons. The Morgan fingerprint density at radius 3 is 2.86 bits per heavy atom.